The lowest BCUT2D eigenvalue weighted by Gasteiger charge is -2.42. The Morgan fingerprint density at radius 3 is 2.27 bits per heavy atom. The Morgan fingerprint density at radius 1 is 1.11 bits per heavy atom. The van der Waals surface area contributed by atoms with Crippen LogP contribution in [0.5, 0.6) is 0 Å². The van der Waals surface area contributed by atoms with E-state index >= 15 is 0 Å². The number of nitrogens with one attached hydrogen (secondary N) is 4. The third-order valence-electron chi connectivity index (χ3n) is 5.32. The monoisotopic (exact) mass is 530 g/mol. The van der Waals surface area contributed by atoms with Crippen LogP contribution >= 0.6 is 0 Å². The Hall–Kier alpha value is -3.68. The highest BCUT2D eigenvalue weighted by molar-refractivity contribution is 5.93. The summed E-state index contributed by atoms with van der Waals surface area (Å²) in [5, 5.41) is 49.2. The second-order valence-electron chi connectivity index (χ2n) is 7.98. The first-order chi connectivity index (χ1) is 17.4. The van der Waals surface area contributed by atoms with Crippen LogP contribution in [0.25, 0.3) is 0 Å². The molecular formula is C19H30N8O10. The van der Waals surface area contributed by atoms with Gasteiger partial charge in [0.25, 0.3) is 0 Å². The van der Waals surface area contributed by atoms with Gasteiger partial charge in [0.15, 0.2) is 12.3 Å². The highest BCUT2D eigenvalue weighted by atomic mass is 16.5. The Balaban J connectivity index is 2.18. The minimum Gasteiger partial charge on any atom is -0.394 e. The molecule has 1 fully saturated rings. The van der Waals surface area contributed by atoms with Crippen molar-refractivity contribution in [3.05, 3.63) is 22.7 Å². The molecule has 0 bridgehead atoms. The molecule has 1 aliphatic rings. The summed E-state index contributed by atoms with van der Waals surface area (Å²) in [4.78, 5) is 64.5. The van der Waals surface area contributed by atoms with Crippen molar-refractivity contribution in [3.63, 3.8) is 0 Å². The number of aliphatic hydroxyl groups is 4. The summed E-state index contributed by atoms with van der Waals surface area (Å²) in [7, 11) is 1.48. The molecule has 0 aromatic carbocycles. The number of amides is 4. The van der Waals surface area contributed by atoms with Crippen LogP contribution in [0, 0.1) is 0 Å². The quantitative estimate of drug-likeness (QED) is 0.127. The van der Waals surface area contributed by atoms with Crippen LogP contribution in [0.15, 0.2) is 17.1 Å². The molecule has 7 atom stereocenters. The maximum Gasteiger partial charge on any atom is 0.351 e. The smallest absolute Gasteiger partial charge is 0.351 e. The Kier molecular flexibility index (Phi) is 10.4. The van der Waals surface area contributed by atoms with Crippen LogP contribution in [-0.4, -0.2) is 117 Å². The Labute approximate surface area is 209 Å². The van der Waals surface area contributed by atoms with Crippen LogP contribution in [0.3, 0.4) is 0 Å². The van der Waals surface area contributed by atoms with Gasteiger partial charge in [-0.15, -0.1) is 0 Å². The van der Waals surface area contributed by atoms with E-state index in [9.17, 15) is 44.4 Å². The first kappa shape index (κ1) is 29.5. The lowest BCUT2D eigenvalue weighted by Crippen LogP contribution is -2.67. The molecule has 0 aliphatic carbocycles. The van der Waals surface area contributed by atoms with E-state index in [0.717, 1.165) is 10.8 Å². The first-order valence-corrected chi connectivity index (χ1v) is 10.9. The van der Waals surface area contributed by atoms with Crippen molar-refractivity contribution in [3.8, 4) is 0 Å². The number of hydrogen-bond donors (Lipinski definition) is 10. The molecule has 18 heteroatoms. The van der Waals surface area contributed by atoms with Gasteiger partial charge in [0.05, 0.1) is 25.8 Å². The SMILES string of the molecule is CNCC(=O)NC(CO)C(=O)NC(CO)C(=O)N[C@H]1[C@H](O)[C@@H](O)[C@H](n2ccc(N)nc2=O)O[C@@H]1C(N)=O. The number of anilines is 1. The molecule has 0 radical (unpaired) electrons. The Bertz CT molecular complexity index is 1050. The van der Waals surface area contributed by atoms with Gasteiger partial charge in [0.2, 0.25) is 23.6 Å². The van der Waals surface area contributed by atoms with Crippen molar-refractivity contribution in [1.82, 2.24) is 30.8 Å². The fourth-order valence-electron chi connectivity index (χ4n) is 3.46. The van der Waals surface area contributed by atoms with Gasteiger partial charge in [-0.2, -0.15) is 4.98 Å². The highest BCUT2D eigenvalue weighted by Crippen LogP contribution is 2.27. The summed E-state index contributed by atoms with van der Waals surface area (Å²) in [5.41, 5.74) is 9.80. The van der Waals surface area contributed by atoms with Crippen molar-refractivity contribution in [2.24, 2.45) is 5.73 Å². The number of nitrogens with zero attached hydrogens (tertiary/aromatic N) is 2. The third kappa shape index (κ3) is 7.18. The van der Waals surface area contributed by atoms with Gasteiger partial charge in [-0.05, 0) is 13.1 Å². The predicted molar refractivity (Wildman–Crippen MR) is 122 cm³/mol. The summed E-state index contributed by atoms with van der Waals surface area (Å²) in [6.45, 7) is -1.96. The van der Waals surface area contributed by atoms with E-state index in [4.69, 9.17) is 16.2 Å². The number of carbonyl (C=O) groups is 4. The number of aliphatic hydroxyl groups excluding tert-OH is 4. The molecule has 4 amide bonds. The number of hydrogen-bond acceptors (Lipinski definition) is 13. The van der Waals surface area contributed by atoms with E-state index in [1.807, 2.05) is 0 Å². The van der Waals surface area contributed by atoms with Crippen LogP contribution in [0.1, 0.15) is 6.23 Å². The number of aromatic nitrogens is 2. The lowest BCUT2D eigenvalue weighted by molar-refractivity contribution is -0.212. The average Bonchev–Trinajstić information content (AvgIpc) is 2.84. The summed E-state index contributed by atoms with van der Waals surface area (Å²) in [6.07, 6.45) is -6.12. The van der Waals surface area contributed by atoms with Crippen LogP contribution in [0.2, 0.25) is 0 Å². The Morgan fingerprint density at radius 2 is 1.73 bits per heavy atom. The van der Waals surface area contributed by atoms with Crippen molar-refractivity contribution in [1.29, 1.82) is 0 Å². The maximum atomic E-state index is 12.8. The molecule has 1 aromatic rings. The number of primary amides is 1. The van der Waals surface area contributed by atoms with Crippen molar-refractivity contribution >= 4 is 29.4 Å². The second-order valence-corrected chi connectivity index (χ2v) is 7.98. The molecule has 1 aromatic heterocycles. The van der Waals surface area contributed by atoms with Gasteiger partial charge in [-0.3, -0.25) is 23.7 Å². The molecule has 0 saturated carbocycles. The molecular weight excluding hydrogens is 500 g/mol. The van der Waals surface area contributed by atoms with Crippen LogP contribution in [-0.2, 0) is 23.9 Å². The summed E-state index contributed by atoms with van der Waals surface area (Å²) < 4.78 is 6.17. The number of carbonyl (C=O) groups excluding carboxylic acids is 4. The summed E-state index contributed by atoms with van der Waals surface area (Å²) >= 11 is 0. The van der Waals surface area contributed by atoms with Crippen molar-refractivity contribution < 1.29 is 44.3 Å². The van der Waals surface area contributed by atoms with E-state index in [1.54, 1.807) is 0 Å². The molecule has 2 heterocycles. The fourth-order valence-corrected chi connectivity index (χ4v) is 3.46. The van der Waals surface area contributed by atoms with E-state index in [2.05, 4.69) is 26.3 Å². The number of rotatable bonds is 11. The number of nitrogens with two attached hydrogens (primary N) is 2. The fraction of sp³-hybridized carbons (Fsp3) is 0.579. The second kappa shape index (κ2) is 13.0. The maximum absolute atomic E-state index is 12.8. The average molecular weight is 530 g/mol. The normalized spacial score (nSPS) is 24.9. The first-order valence-electron chi connectivity index (χ1n) is 10.9. The van der Waals surface area contributed by atoms with Gasteiger partial charge < -0.3 is 57.9 Å². The van der Waals surface area contributed by atoms with Crippen LogP contribution in [0.4, 0.5) is 5.82 Å². The minimum absolute atomic E-state index is 0.134. The number of likely N-dealkylation sites (N-methyl/N-ethyl adjacent to an activating group) is 1. The van der Waals surface area contributed by atoms with E-state index in [1.165, 1.54) is 13.1 Å². The van der Waals surface area contributed by atoms with Gasteiger partial charge >= 0.3 is 5.69 Å². The standard InChI is InChI=1S/C19H30N8O10/c1-22-4-10(30)23-7(5-28)16(34)24-8(6-29)17(35)26-11-12(31)13(32)18(37-14(11)15(21)33)27-3-2-9(20)25-19(27)36/h2-3,7-8,11-14,18,22,28-29,31-32H,4-6H2,1H3,(H2,21,33)(H,23,30)(H,24,34)(H,26,35)(H2,20,25,36)/t7?,8?,11-,12-,13+,14-,18+/m0/s1. The molecule has 2 unspecified atom stereocenters. The van der Waals surface area contributed by atoms with Gasteiger partial charge in [-0.25, -0.2) is 4.79 Å². The largest absolute Gasteiger partial charge is 0.394 e. The van der Waals surface area contributed by atoms with Crippen molar-refractivity contribution in [2.45, 2.75) is 42.7 Å². The number of ether oxygens (including phenoxy) is 1. The highest BCUT2D eigenvalue weighted by Gasteiger charge is 2.49. The molecule has 1 saturated heterocycles. The molecule has 206 valence electrons. The number of nitrogen functional groups attached to an aromatic ring is 1. The zero-order valence-electron chi connectivity index (χ0n) is 19.6. The topological polar surface area (TPSA) is 293 Å². The van der Waals surface area contributed by atoms with Gasteiger partial charge in [-0.1, -0.05) is 0 Å². The van der Waals surface area contributed by atoms with Gasteiger partial charge in [0, 0.05) is 6.20 Å². The third-order valence-corrected chi connectivity index (χ3v) is 5.32. The zero-order valence-corrected chi connectivity index (χ0v) is 19.6. The minimum atomic E-state index is -1.93. The van der Waals surface area contributed by atoms with E-state index in [0.29, 0.717) is 0 Å². The molecule has 37 heavy (non-hydrogen) atoms. The summed E-state index contributed by atoms with van der Waals surface area (Å²) in [5.74, 6) is -4.11. The molecule has 2 rings (SSSR count). The molecule has 18 nitrogen and oxygen atoms in total. The molecule has 0 spiro atoms. The van der Waals surface area contributed by atoms with Crippen molar-refractivity contribution in [2.75, 3.05) is 32.5 Å². The lowest BCUT2D eigenvalue weighted by atomic mass is 9.94. The van der Waals surface area contributed by atoms with E-state index < -0.39 is 85.2 Å². The summed E-state index contributed by atoms with van der Waals surface area (Å²) in [6, 6.07) is -3.61. The molecule has 1 aliphatic heterocycles. The van der Waals surface area contributed by atoms with E-state index in [-0.39, 0.29) is 12.4 Å². The molecule has 12 N–H and O–H groups in total. The van der Waals surface area contributed by atoms with Crippen LogP contribution < -0.4 is 38.4 Å². The zero-order chi connectivity index (χ0) is 27.9. The predicted octanol–water partition coefficient (Wildman–Crippen LogP) is -7.41. The van der Waals surface area contributed by atoms with Gasteiger partial charge in [0.1, 0.15) is 30.1 Å².